The molecule has 0 heterocycles. The van der Waals surface area contributed by atoms with Crippen molar-refractivity contribution in [1.29, 1.82) is 0 Å². The van der Waals surface area contributed by atoms with Crippen molar-refractivity contribution in [1.82, 2.24) is 0 Å². The predicted octanol–water partition coefficient (Wildman–Crippen LogP) is 3.98. The van der Waals surface area contributed by atoms with Gasteiger partial charge < -0.3 is 10.1 Å². The van der Waals surface area contributed by atoms with Crippen molar-refractivity contribution in [3.63, 3.8) is 0 Å². The normalized spacial score (nSPS) is 18.6. The topological polar surface area (TPSA) is 55.4 Å². The highest BCUT2D eigenvalue weighted by atomic mass is 79.9. The molecule has 118 valence electrons. The van der Waals surface area contributed by atoms with Crippen LogP contribution in [0.4, 0.5) is 5.69 Å². The Morgan fingerprint density at radius 2 is 2.14 bits per heavy atom. The largest absolute Gasteiger partial charge is 0.452 e. The quantitative estimate of drug-likeness (QED) is 0.648. The molecule has 0 bridgehead atoms. The molecule has 22 heavy (non-hydrogen) atoms. The van der Waals surface area contributed by atoms with Gasteiger partial charge in [0.15, 0.2) is 6.10 Å². The van der Waals surface area contributed by atoms with Crippen LogP contribution in [0, 0.1) is 12.8 Å². The molecule has 1 aliphatic rings. The van der Waals surface area contributed by atoms with Crippen LogP contribution in [0.1, 0.15) is 31.7 Å². The molecule has 0 saturated heterocycles. The number of halogens is 1. The lowest BCUT2D eigenvalue weighted by Gasteiger charge is -2.20. The van der Waals surface area contributed by atoms with E-state index in [1.54, 1.807) is 6.92 Å². The Morgan fingerprint density at radius 3 is 2.77 bits per heavy atom. The van der Waals surface area contributed by atoms with Gasteiger partial charge in [0.25, 0.3) is 5.91 Å². The van der Waals surface area contributed by atoms with E-state index in [-0.39, 0.29) is 17.8 Å². The number of anilines is 1. The molecule has 2 rings (SSSR count). The maximum atomic E-state index is 12.1. The molecule has 0 fully saturated rings. The van der Waals surface area contributed by atoms with Crippen molar-refractivity contribution >= 4 is 33.5 Å². The van der Waals surface area contributed by atoms with E-state index >= 15 is 0 Å². The van der Waals surface area contributed by atoms with E-state index in [1.165, 1.54) is 0 Å². The number of esters is 1. The molecule has 2 atom stereocenters. The number of amides is 1. The maximum absolute atomic E-state index is 12.1. The van der Waals surface area contributed by atoms with Crippen molar-refractivity contribution in [2.75, 3.05) is 5.32 Å². The number of allylic oxidation sites excluding steroid dienone is 2. The molecule has 1 aromatic rings. The molecule has 0 aliphatic heterocycles. The third-order valence-corrected chi connectivity index (χ3v) is 4.30. The second-order valence-electron chi connectivity index (χ2n) is 5.53. The summed E-state index contributed by atoms with van der Waals surface area (Å²) in [5, 5.41) is 2.77. The Bertz CT molecular complexity index is 598. The second-order valence-corrected chi connectivity index (χ2v) is 6.39. The molecule has 5 heteroatoms. The molecule has 1 aromatic carbocycles. The Balaban J connectivity index is 1.91. The van der Waals surface area contributed by atoms with Gasteiger partial charge in [0.2, 0.25) is 0 Å². The SMILES string of the molecule is Cc1ccc(NC(=O)[C@@H](C)OC(=O)[C@H]2CC=CCC2)c(Br)c1. The molecule has 1 aliphatic carbocycles. The average molecular weight is 366 g/mol. The first-order valence-corrected chi connectivity index (χ1v) is 8.19. The summed E-state index contributed by atoms with van der Waals surface area (Å²) in [7, 11) is 0. The summed E-state index contributed by atoms with van der Waals surface area (Å²) in [6, 6.07) is 5.64. The van der Waals surface area contributed by atoms with Gasteiger partial charge in [-0.15, -0.1) is 0 Å². The number of carbonyl (C=O) groups excluding carboxylic acids is 2. The number of benzene rings is 1. The minimum atomic E-state index is -0.813. The zero-order valence-corrected chi connectivity index (χ0v) is 14.4. The molecule has 0 unspecified atom stereocenters. The zero-order chi connectivity index (χ0) is 16.1. The summed E-state index contributed by atoms with van der Waals surface area (Å²) in [5.74, 6) is -0.759. The standard InChI is InChI=1S/C17H20BrNO3/c1-11-8-9-15(14(18)10-11)19-16(20)12(2)22-17(21)13-6-4-3-5-7-13/h3-4,8-10,12-13H,5-7H2,1-2H3,(H,19,20)/t12-,13+/m1/s1. The zero-order valence-electron chi connectivity index (χ0n) is 12.8. The van der Waals surface area contributed by atoms with Gasteiger partial charge in [-0.3, -0.25) is 9.59 Å². The summed E-state index contributed by atoms with van der Waals surface area (Å²) in [6.45, 7) is 3.56. The van der Waals surface area contributed by atoms with E-state index in [1.807, 2.05) is 31.2 Å². The van der Waals surface area contributed by atoms with E-state index in [2.05, 4.69) is 27.3 Å². The Kier molecular flexibility index (Phi) is 5.77. The van der Waals surface area contributed by atoms with Crippen LogP contribution >= 0.6 is 15.9 Å². The third-order valence-electron chi connectivity index (χ3n) is 3.65. The lowest BCUT2D eigenvalue weighted by Crippen LogP contribution is -2.32. The highest BCUT2D eigenvalue weighted by molar-refractivity contribution is 9.10. The number of rotatable bonds is 4. The van der Waals surface area contributed by atoms with E-state index in [0.29, 0.717) is 12.1 Å². The first kappa shape index (κ1) is 16.7. The fraction of sp³-hybridized carbons (Fsp3) is 0.412. The number of hydrogen-bond acceptors (Lipinski definition) is 3. The van der Waals surface area contributed by atoms with Crippen molar-refractivity contribution in [2.45, 2.75) is 39.2 Å². The molecule has 0 saturated carbocycles. The summed E-state index contributed by atoms with van der Waals surface area (Å²) in [6.07, 6.45) is 5.60. The molecule has 0 radical (unpaired) electrons. The van der Waals surface area contributed by atoms with Crippen LogP contribution in [0.5, 0.6) is 0 Å². The third kappa shape index (κ3) is 4.44. The van der Waals surface area contributed by atoms with Gasteiger partial charge in [-0.05, 0) is 66.7 Å². The highest BCUT2D eigenvalue weighted by Gasteiger charge is 2.25. The fourth-order valence-corrected chi connectivity index (χ4v) is 2.88. The first-order chi connectivity index (χ1) is 10.5. The van der Waals surface area contributed by atoms with Gasteiger partial charge in [-0.1, -0.05) is 18.2 Å². The van der Waals surface area contributed by atoms with Crippen LogP contribution in [0.3, 0.4) is 0 Å². The Morgan fingerprint density at radius 1 is 1.36 bits per heavy atom. The van der Waals surface area contributed by atoms with Gasteiger partial charge in [-0.2, -0.15) is 0 Å². The number of carbonyl (C=O) groups is 2. The molecule has 0 aromatic heterocycles. The summed E-state index contributed by atoms with van der Waals surface area (Å²) in [4.78, 5) is 24.2. The minimum Gasteiger partial charge on any atom is -0.452 e. The minimum absolute atomic E-state index is 0.133. The number of aryl methyl sites for hydroxylation is 1. The lowest BCUT2D eigenvalue weighted by molar-refractivity contribution is -0.157. The monoisotopic (exact) mass is 365 g/mol. The summed E-state index contributed by atoms with van der Waals surface area (Å²) < 4.78 is 6.09. The first-order valence-electron chi connectivity index (χ1n) is 7.40. The van der Waals surface area contributed by atoms with Crippen molar-refractivity contribution in [3.05, 3.63) is 40.4 Å². The van der Waals surface area contributed by atoms with E-state index in [4.69, 9.17) is 4.74 Å². The van der Waals surface area contributed by atoms with Gasteiger partial charge in [0.1, 0.15) is 0 Å². The van der Waals surface area contributed by atoms with Crippen LogP contribution in [-0.4, -0.2) is 18.0 Å². The van der Waals surface area contributed by atoms with Gasteiger partial charge in [0.05, 0.1) is 11.6 Å². The lowest BCUT2D eigenvalue weighted by atomic mass is 9.95. The molecule has 1 N–H and O–H groups in total. The van der Waals surface area contributed by atoms with Crippen LogP contribution in [0.15, 0.2) is 34.8 Å². The van der Waals surface area contributed by atoms with Crippen molar-refractivity contribution in [2.24, 2.45) is 5.92 Å². The maximum Gasteiger partial charge on any atom is 0.310 e. The number of hydrogen-bond donors (Lipinski definition) is 1. The van der Waals surface area contributed by atoms with Crippen LogP contribution in [0.2, 0.25) is 0 Å². The predicted molar refractivity (Wildman–Crippen MR) is 89.5 cm³/mol. The number of ether oxygens (including phenoxy) is 1. The Labute approximate surface area is 139 Å². The van der Waals surface area contributed by atoms with E-state index < -0.39 is 6.10 Å². The van der Waals surface area contributed by atoms with Crippen LogP contribution in [0.25, 0.3) is 0 Å². The van der Waals surface area contributed by atoms with Crippen molar-refractivity contribution < 1.29 is 14.3 Å². The van der Waals surface area contributed by atoms with Crippen molar-refractivity contribution in [3.8, 4) is 0 Å². The second kappa shape index (κ2) is 7.58. The summed E-state index contributed by atoms with van der Waals surface area (Å²) in [5.41, 5.74) is 1.76. The number of nitrogens with one attached hydrogen (secondary N) is 1. The molecular formula is C17H20BrNO3. The van der Waals surface area contributed by atoms with E-state index in [9.17, 15) is 9.59 Å². The van der Waals surface area contributed by atoms with Crippen LogP contribution in [-0.2, 0) is 14.3 Å². The van der Waals surface area contributed by atoms with E-state index in [0.717, 1.165) is 22.9 Å². The molecule has 0 spiro atoms. The van der Waals surface area contributed by atoms with Gasteiger partial charge in [0, 0.05) is 4.47 Å². The fourth-order valence-electron chi connectivity index (χ4n) is 2.29. The average Bonchev–Trinajstić information content (AvgIpc) is 2.50. The Hall–Kier alpha value is -1.62. The van der Waals surface area contributed by atoms with Gasteiger partial charge >= 0.3 is 5.97 Å². The van der Waals surface area contributed by atoms with Gasteiger partial charge in [-0.25, -0.2) is 0 Å². The molecular weight excluding hydrogens is 346 g/mol. The molecule has 4 nitrogen and oxygen atoms in total. The smallest absolute Gasteiger partial charge is 0.310 e. The van der Waals surface area contributed by atoms with Crippen LogP contribution < -0.4 is 5.32 Å². The highest BCUT2D eigenvalue weighted by Crippen LogP contribution is 2.24. The summed E-state index contributed by atoms with van der Waals surface area (Å²) >= 11 is 3.41. The molecule has 1 amide bonds.